The van der Waals surface area contributed by atoms with E-state index in [-0.39, 0.29) is 23.8 Å². The fraction of sp³-hybridized carbons (Fsp3) is 0.130. The lowest BCUT2D eigenvalue weighted by atomic mass is 9.79. The third-order valence-electron chi connectivity index (χ3n) is 5.04. The Morgan fingerprint density at radius 1 is 0.852 bits per heavy atom. The van der Waals surface area contributed by atoms with Crippen LogP contribution in [-0.2, 0) is 0 Å². The lowest BCUT2D eigenvalue weighted by molar-refractivity contribution is 0.0802. The first-order valence-electron chi connectivity index (χ1n) is 8.82. The second-order valence-electron chi connectivity index (χ2n) is 6.64. The average Bonchev–Trinajstić information content (AvgIpc) is 2.98. The van der Waals surface area contributed by atoms with E-state index in [1.165, 1.54) is 0 Å². The molecule has 1 unspecified atom stereocenters. The van der Waals surface area contributed by atoms with Gasteiger partial charge in [-0.2, -0.15) is 0 Å². The summed E-state index contributed by atoms with van der Waals surface area (Å²) in [6.45, 7) is 0. The van der Waals surface area contributed by atoms with Crippen LogP contribution < -0.4 is 0 Å². The van der Waals surface area contributed by atoms with Crippen molar-refractivity contribution < 1.29 is 14.4 Å². The Morgan fingerprint density at radius 3 is 2.07 bits per heavy atom. The third-order valence-corrected chi connectivity index (χ3v) is 5.04. The quantitative estimate of drug-likeness (QED) is 0.510. The number of fused-ring (bicyclic) bond motifs is 1. The zero-order chi connectivity index (χ0) is 18.8. The van der Waals surface area contributed by atoms with Crippen molar-refractivity contribution in [3.05, 3.63) is 101 Å². The summed E-state index contributed by atoms with van der Waals surface area (Å²) >= 11 is 0. The number of benzene rings is 2. The van der Waals surface area contributed by atoms with Gasteiger partial charge in [0.1, 0.15) is 0 Å². The molecule has 0 saturated carbocycles. The number of hydrogen-bond donors (Lipinski definition) is 0. The Kier molecular flexibility index (Phi) is 4.47. The van der Waals surface area contributed by atoms with Gasteiger partial charge in [-0.3, -0.25) is 19.4 Å². The zero-order valence-electron chi connectivity index (χ0n) is 14.5. The molecule has 0 saturated heterocycles. The molecular formula is C23H17NO3. The highest BCUT2D eigenvalue weighted by Crippen LogP contribution is 2.39. The normalized spacial score (nSPS) is 14.8. The maximum absolute atomic E-state index is 13.0. The van der Waals surface area contributed by atoms with Crippen molar-refractivity contribution in [1.82, 2.24) is 4.98 Å². The molecule has 4 rings (SSSR count). The van der Waals surface area contributed by atoms with E-state index in [4.69, 9.17) is 0 Å². The Labute approximate surface area is 156 Å². The van der Waals surface area contributed by atoms with E-state index in [9.17, 15) is 14.4 Å². The highest BCUT2D eigenvalue weighted by Gasteiger charge is 2.44. The van der Waals surface area contributed by atoms with Gasteiger partial charge >= 0.3 is 0 Å². The number of carbonyl (C=O) groups is 3. The number of aromatic nitrogens is 1. The predicted molar refractivity (Wildman–Crippen MR) is 101 cm³/mol. The maximum atomic E-state index is 13.0. The number of pyridine rings is 1. The van der Waals surface area contributed by atoms with Gasteiger partial charge in [-0.15, -0.1) is 0 Å². The third kappa shape index (κ3) is 3.10. The maximum Gasteiger partial charge on any atom is 0.175 e. The van der Waals surface area contributed by atoms with Crippen LogP contribution in [0.25, 0.3) is 0 Å². The van der Waals surface area contributed by atoms with Crippen molar-refractivity contribution in [2.24, 2.45) is 5.92 Å². The molecule has 132 valence electrons. The van der Waals surface area contributed by atoms with Crippen LogP contribution in [0, 0.1) is 5.92 Å². The summed E-state index contributed by atoms with van der Waals surface area (Å²) in [5.74, 6) is -1.96. The summed E-state index contributed by atoms with van der Waals surface area (Å²) in [4.78, 5) is 42.9. The van der Waals surface area contributed by atoms with E-state index in [1.54, 1.807) is 67.0 Å². The summed E-state index contributed by atoms with van der Waals surface area (Å²) in [5.41, 5.74) is 2.17. The number of rotatable bonds is 5. The monoisotopic (exact) mass is 355 g/mol. The van der Waals surface area contributed by atoms with Crippen molar-refractivity contribution in [2.75, 3.05) is 0 Å². The summed E-state index contributed by atoms with van der Waals surface area (Å²) in [6, 6.07) is 19.4. The van der Waals surface area contributed by atoms with Crippen molar-refractivity contribution in [1.29, 1.82) is 0 Å². The topological polar surface area (TPSA) is 64.1 Å². The lowest BCUT2D eigenvalue weighted by Gasteiger charge is -2.21. The molecular weight excluding hydrogens is 338 g/mol. The first kappa shape index (κ1) is 17.0. The summed E-state index contributed by atoms with van der Waals surface area (Å²) < 4.78 is 0. The van der Waals surface area contributed by atoms with E-state index in [1.807, 2.05) is 12.1 Å². The van der Waals surface area contributed by atoms with Crippen LogP contribution in [-0.4, -0.2) is 22.3 Å². The van der Waals surface area contributed by atoms with Gasteiger partial charge in [0.25, 0.3) is 0 Å². The van der Waals surface area contributed by atoms with Crippen LogP contribution in [0.5, 0.6) is 0 Å². The number of nitrogens with zero attached hydrogens (tertiary/aromatic N) is 1. The van der Waals surface area contributed by atoms with Crippen molar-refractivity contribution >= 4 is 17.3 Å². The molecule has 0 N–H and O–H groups in total. The molecule has 1 aliphatic rings. The molecule has 1 aromatic heterocycles. The van der Waals surface area contributed by atoms with Crippen LogP contribution >= 0.6 is 0 Å². The predicted octanol–water partition coefficient (Wildman–Crippen LogP) is 4.13. The van der Waals surface area contributed by atoms with Gasteiger partial charge in [0.15, 0.2) is 17.3 Å². The van der Waals surface area contributed by atoms with Crippen LogP contribution in [0.15, 0.2) is 79.1 Å². The van der Waals surface area contributed by atoms with Gasteiger partial charge in [0.2, 0.25) is 0 Å². The summed E-state index contributed by atoms with van der Waals surface area (Å²) in [7, 11) is 0. The molecule has 0 spiro atoms. The minimum atomic E-state index is -0.890. The molecule has 3 aromatic rings. The number of ketones is 3. The largest absolute Gasteiger partial charge is 0.294 e. The smallest absolute Gasteiger partial charge is 0.175 e. The molecule has 0 amide bonds. The second kappa shape index (κ2) is 7.08. The molecule has 0 bridgehead atoms. The van der Waals surface area contributed by atoms with E-state index in [0.717, 1.165) is 5.56 Å². The Balaban J connectivity index is 1.73. The minimum absolute atomic E-state index is 0.0752. The van der Waals surface area contributed by atoms with Gasteiger partial charge in [-0.25, -0.2) is 0 Å². The lowest BCUT2D eigenvalue weighted by Crippen LogP contribution is -2.26. The van der Waals surface area contributed by atoms with Gasteiger partial charge < -0.3 is 0 Å². The van der Waals surface area contributed by atoms with Crippen LogP contribution in [0.3, 0.4) is 0 Å². The van der Waals surface area contributed by atoms with Crippen LogP contribution in [0.1, 0.15) is 49.0 Å². The summed E-state index contributed by atoms with van der Waals surface area (Å²) in [6.07, 6.45) is 3.34. The zero-order valence-corrected chi connectivity index (χ0v) is 14.5. The molecule has 1 atom stereocenters. The fourth-order valence-electron chi connectivity index (χ4n) is 3.70. The Morgan fingerprint density at radius 2 is 1.48 bits per heavy atom. The Hall–Kier alpha value is -3.40. The Bertz CT molecular complexity index is 977. The SMILES string of the molecule is O=C(CC(c1cccnc1)C1C(=O)c2ccccc2C1=O)c1ccccc1. The fourth-order valence-corrected chi connectivity index (χ4v) is 3.70. The molecule has 4 nitrogen and oxygen atoms in total. The molecule has 0 radical (unpaired) electrons. The van der Waals surface area contributed by atoms with Crippen molar-refractivity contribution in [3.63, 3.8) is 0 Å². The van der Waals surface area contributed by atoms with E-state index in [2.05, 4.69) is 4.98 Å². The molecule has 0 fully saturated rings. The van der Waals surface area contributed by atoms with Gasteiger partial charge in [0, 0.05) is 41.4 Å². The first-order chi connectivity index (χ1) is 13.2. The van der Waals surface area contributed by atoms with Crippen molar-refractivity contribution in [3.8, 4) is 0 Å². The highest BCUT2D eigenvalue weighted by atomic mass is 16.2. The number of carbonyl (C=O) groups excluding carboxylic acids is 3. The van der Waals surface area contributed by atoms with Gasteiger partial charge in [-0.05, 0) is 11.6 Å². The molecule has 4 heteroatoms. The molecule has 1 aliphatic carbocycles. The summed E-state index contributed by atoms with van der Waals surface area (Å²) in [5, 5.41) is 0. The highest BCUT2D eigenvalue weighted by molar-refractivity contribution is 6.27. The minimum Gasteiger partial charge on any atom is -0.294 e. The molecule has 0 aliphatic heterocycles. The van der Waals surface area contributed by atoms with Gasteiger partial charge in [-0.1, -0.05) is 60.7 Å². The average molecular weight is 355 g/mol. The first-order valence-corrected chi connectivity index (χ1v) is 8.82. The van der Waals surface area contributed by atoms with E-state index in [0.29, 0.717) is 16.7 Å². The second-order valence-corrected chi connectivity index (χ2v) is 6.64. The number of hydrogen-bond acceptors (Lipinski definition) is 4. The number of Topliss-reactive ketones (excluding diaryl/α,β-unsaturated/α-hetero) is 3. The molecule has 27 heavy (non-hydrogen) atoms. The van der Waals surface area contributed by atoms with Gasteiger partial charge in [0.05, 0.1) is 5.92 Å². The van der Waals surface area contributed by atoms with Crippen molar-refractivity contribution in [2.45, 2.75) is 12.3 Å². The van der Waals surface area contributed by atoms with E-state index < -0.39 is 11.8 Å². The van der Waals surface area contributed by atoms with E-state index >= 15 is 0 Å². The van der Waals surface area contributed by atoms with Crippen LogP contribution in [0.2, 0.25) is 0 Å². The van der Waals surface area contributed by atoms with Crippen LogP contribution in [0.4, 0.5) is 0 Å². The molecule has 2 aromatic carbocycles. The standard InChI is InChI=1S/C23H17NO3/c25-20(15-7-2-1-3-8-15)13-19(16-9-6-12-24-14-16)21-22(26)17-10-4-5-11-18(17)23(21)27/h1-12,14,19,21H,13H2. The molecule has 1 heterocycles.